The molecule has 0 radical (unpaired) electrons. The number of halogens is 4. The molecule has 0 amide bonds. The van der Waals surface area contributed by atoms with Gasteiger partial charge in [-0.2, -0.15) is 13.2 Å². The number of benzene rings is 1. The van der Waals surface area contributed by atoms with Crippen LogP contribution in [-0.4, -0.2) is 17.6 Å². The standard InChI is InChI=1S/C13H16BrF3O/c1-3-9(2)10-6-4-5-7-11(10)18-8-12(14)13(15,16)17/h4-7,9,12H,3,8H2,1-2H3. The van der Waals surface area contributed by atoms with E-state index in [1.165, 1.54) is 0 Å². The zero-order chi connectivity index (χ0) is 13.8. The second-order valence-electron chi connectivity index (χ2n) is 4.17. The van der Waals surface area contributed by atoms with E-state index in [-0.39, 0.29) is 5.92 Å². The molecule has 1 aromatic carbocycles. The summed E-state index contributed by atoms with van der Waals surface area (Å²) >= 11 is 2.58. The van der Waals surface area contributed by atoms with Crippen LogP contribution in [0.1, 0.15) is 31.7 Å². The average Bonchev–Trinajstić information content (AvgIpc) is 2.34. The van der Waals surface area contributed by atoms with Crippen LogP contribution in [0.2, 0.25) is 0 Å². The molecule has 18 heavy (non-hydrogen) atoms. The molecule has 1 aromatic rings. The largest absolute Gasteiger partial charge is 0.492 e. The van der Waals surface area contributed by atoms with Gasteiger partial charge in [-0.15, -0.1) is 0 Å². The predicted molar refractivity (Wildman–Crippen MR) is 69.4 cm³/mol. The van der Waals surface area contributed by atoms with Crippen molar-refractivity contribution in [2.75, 3.05) is 6.61 Å². The fraction of sp³-hybridized carbons (Fsp3) is 0.538. The van der Waals surface area contributed by atoms with E-state index in [0.717, 1.165) is 12.0 Å². The second kappa shape index (κ2) is 6.45. The van der Waals surface area contributed by atoms with Crippen molar-refractivity contribution in [1.82, 2.24) is 0 Å². The molecule has 0 heterocycles. The summed E-state index contributed by atoms with van der Waals surface area (Å²) in [6.07, 6.45) is -3.37. The van der Waals surface area contributed by atoms with E-state index < -0.39 is 17.6 Å². The van der Waals surface area contributed by atoms with Crippen LogP contribution in [0.5, 0.6) is 5.75 Å². The minimum absolute atomic E-state index is 0.265. The third-order valence-corrected chi connectivity index (χ3v) is 3.59. The Bertz CT molecular complexity index is 379. The SMILES string of the molecule is CCC(C)c1ccccc1OCC(Br)C(F)(F)F. The molecule has 0 fully saturated rings. The van der Waals surface area contributed by atoms with Crippen LogP contribution in [0.15, 0.2) is 24.3 Å². The number of hydrogen-bond donors (Lipinski definition) is 0. The second-order valence-corrected chi connectivity index (χ2v) is 5.27. The Kier molecular flexibility index (Phi) is 5.50. The molecule has 1 rings (SSSR count). The van der Waals surface area contributed by atoms with Gasteiger partial charge < -0.3 is 4.74 Å². The molecule has 0 spiro atoms. The van der Waals surface area contributed by atoms with Gasteiger partial charge in [0.05, 0.1) is 0 Å². The Hall–Kier alpha value is -0.710. The summed E-state index contributed by atoms with van der Waals surface area (Å²) in [6.45, 7) is 3.64. The van der Waals surface area contributed by atoms with Crippen LogP contribution >= 0.6 is 15.9 Å². The lowest BCUT2D eigenvalue weighted by atomic mass is 9.98. The molecule has 0 aromatic heterocycles. The lowest BCUT2D eigenvalue weighted by molar-refractivity contribution is -0.132. The maximum Gasteiger partial charge on any atom is 0.404 e. The normalized spacial score (nSPS) is 15.2. The molecule has 0 aliphatic carbocycles. The number of para-hydroxylation sites is 1. The molecule has 5 heteroatoms. The molecule has 0 bridgehead atoms. The van der Waals surface area contributed by atoms with Crippen molar-refractivity contribution in [2.45, 2.75) is 37.2 Å². The van der Waals surface area contributed by atoms with E-state index in [9.17, 15) is 13.2 Å². The first-order valence-corrected chi connectivity index (χ1v) is 6.70. The van der Waals surface area contributed by atoms with Crippen molar-refractivity contribution >= 4 is 15.9 Å². The minimum atomic E-state index is -4.29. The van der Waals surface area contributed by atoms with Gasteiger partial charge in [-0.3, -0.25) is 0 Å². The predicted octanol–water partition coefficient (Wildman–Crippen LogP) is 4.90. The van der Waals surface area contributed by atoms with E-state index >= 15 is 0 Å². The van der Waals surface area contributed by atoms with Crippen LogP contribution in [0.4, 0.5) is 13.2 Å². The molecule has 2 unspecified atom stereocenters. The first-order valence-electron chi connectivity index (χ1n) is 5.78. The van der Waals surface area contributed by atoms with E-state index in [1.54, 1.807) is 12.1 Å². The van der Waals surface area contributed by atoms with Gasteiger partial charge in [0, 0.05) is 0 Å². The van der Waals surface area contributed by atoms with Crippen molar-refractivity contribution in [3.8, 4) is 5.75 Å². The third-order valence-electron chi connectivity index (χ3n) is 2.80. The summed E-state index contributed by atoms with van der Waals surface area (Å²) in [6, 6.07) is 7.22. The topological polar surface area (TPSA) is 9.23 Å². The molecule has 102 valence electrons. The molecule has 0 aliphatic rings. The monoisotopic (exact) mass is 324 g/mol. The first kappa shape index (κ1) is 15.3. The molecule has 0 saturated heterocycles. The highest BCUT2D eigenvalue weighted by molar-refractivity contribution is 9.09. The fourth-order valence-corrected chi connectivity index (χ4v) is 1.63. The van der Waals surface area contributed by atoms with Crippen LogP contribution in [0.25, 0.3) is 0 Å². The summed E-state index contributed by atoms with van der Waals surface area (Å²) in [7, 11) is 0. The highest BCUT2D eigenvalue weighted by Crippen LogP contribution is 2.31. The summed E-state index contributed by atoms with van der Waals surface area (Å²) < 4.78 is 42.3. The molecule has 0 saturated carbocycles. The smallest absolute Gasteiger partial charge is 0.404 e. The zero-order valence-corrected chi connectivity index (χ0v) is 11.9. The lowest BCUT2D eigenvalue weighted by Gasteiger charge is -2.18. The Balaban J connectivity index is 2.73. The first-order chi connectivity index (χ1) is 8.36. The van der Waals surface area contributed by atoms with Gasteiger partial charge in [0.15, 0.2) is 0 Å². The zero-order valence-electron chi connectivity index (χ0n) is 10.3. The average molecular weight is 325 g/mol. The van der Waals surface area contributed by atoms with Gasteiger partial charge in [0.2, 0.25) is 0 Å². The van der Waals surface area contributed by atoms with E-state index in [2.05, 4.69) is 15.9 Å². The van der Waals surface area contributed by atoms with Gasteiger partial charge in [-0.1, -0.05) is 48.0 Å². The Morgan fingerprint density at radius 3 is 2.44 bits per heavy atom. The third kappa shape index (κ3) is 4.19. The maximum atomic E-state index is 12.4. The van der Waals surface area contributed by atoms with Crippen LogP contribution in [0, 0.1) is 0 Å². The van der Waals surface area contributed by atoms with Gasteiger partial charge in [-0.25, -0.2) is 0 Å². The van der Waals surface area contributed by atoms with Gasteiger partial charge in [0.25, 0.3) is 0 Å². The van der Waals surface area contributed by atoms with Crippen LogP contribution < -0.4 is 4.74 Å². The summed E-state index contributed by atoms with van der Waals surface area (Å²) in [4.78, 5) is -1.64. The van der Waals surface area contributed by atoms with Crippen molar-refractivity contribution in [3.05, 3.63) is 29.8 Å². The quantitative estimate of drug-likeness (QED) is 0.699. The minimum Gasteiger partial charge on any atom is -0.492 e. The van der Waals surface area contributed by atoms with E-state index in [1.807, 2.05) is 26.0 Å². The lowest BCUT2D eigenvalue weighted by Crippen LogP contribution is -2.29. The van der Waals surface area contributed by atoms with E-state index in [0.29, 0.717) is 5.75 Å². The van der Waals surface area contributed by atoms with E-state index in [4.69, 9.17) is 4.74 Å². The molecule has 0 N–H and O–H groups in total. The Morgan fingerprint density at radius 1 is 1.28 bits per heavy atom. The van der Waals surface area contributed by atoms with Gasteiger partial charge in [0.1, 0.15) is 17.2 Å². The molecular formula is C13H16BrF3O. The number of rotatable bonds is 5. The fourth-order valence-electron chi connectivity index (χ4n) is 1.50. The van der Waals surface area contributed by atoms with Crippen molar-refractivity contribution < 1.29 is 17.9 Å². The summed E-state index contributed by atoms with van der Waals surface area (Å²) in [5, 5.41) is 0. The van der Waals surface area contributed by atoms with Gasteiger partial charge in [-0.05, 0) is 24.0 Å². The highest BCUT2D eigenvalue weighted by atomic mass is 79.9. The summed E-state index contributed by atoms with van der Waals surface area (Å²) in [5.74, 6) is 0.793. The Morgan fingerprint density at radius 2 is 1.89 bits per heavy atom. The van der Waals surface area contributed by atoms with Gasteiger partial charge >= 0.3 is 6.18 Å². The number of ether oxygens (including phenoxy) is 1. The van der Waals surface area contributed by atoms with Crippen molar-refractivity contribution in [1.29, 1.82) is 0 Å². The molecule has 1 nitrogen and oxygen atoms in total. The Labute approximate surface area is 113 Å². The van der Waals surface area contributed by atoms with Crippen molar-refractivity contribution in [2.24, 2.45) is 0 Å². The maximum absolute atomic E-state index is 12.4. The number of hydrogen-bond acceptors (Lipinski definition) is 1. The van der Waals surface area contributed by atoms with Crippen LogP contribution in [-0.2, 0) is 0 Å². The number of alkyl halides is 4. The molecular weight excluding hydrogens is 309 g/mol. The highest BCUT2D eigenvalue weighted by Gasteiger charge is 2.38. The molecule has 2 atom stereocenters. The molecule has 0 aliphatic heterocycles. The van der Waals surface area contributed by atoms with Crippen molar-refractivity contribution in [3.63, 3.8) is 0 Å². The summed E-state index contributed by atoms with van der Waals surface area (Å²) in [5.41, 5.74) is 0.946. The van der Waals surface area contributed by atoms with Crippen LogP contribution in [0.3, 0.4) is 0 Å².